The third kappa shape index (κ3) is 3.28. The van der Waals surface area contributed by atoms with E-state index in [0.29, 0.717) is 5.92 Å². The van der Waals surface area contributed by atoms with E-state index < -0.39 is 0 Å². The Labute approximate surface area is 115 Å². The van der Waals surface area contributed by atoms with Crippen LogP contribution in [0, 0.1) is 5.92 Å². The molecule has 1 aromatic carbocycles. The summed E-state index contributed by atoms with van der Waals surface area (Å²) in [4.78, 5) is 11.5. The fourth-order valence-corrected chi connectivity index (χ4v) is 2.67. The van der Waals surface area contributed by atoms with Gasteiger partial charge in [-0.15, -0.1) is 0 Å². The Morgan fingerprint density at radius 1 is 1.47 bits per heavy atom. The number of hydrogen-bond acceptors (Lipinski definition) is 2. The number of carbonyl (C=O) groups is 1. The van der Waals surface area contributed by atoms with E-state index in [0.717, 1.165) is 25.1 Å². The molecule has 3 heteroatoms. The summed E-state index contributed by atoms with van der Waals surface area (Å²) in [5.41, 5.74) is 2.83. The number of fused-ring (bicyclic) bond motifs is 1. The van der Waals surface area contributed by atoms with Gasteiger partial charge in [-0.2, -0.15) is 0 Å². The molecule has 0 saturated carbocycles. The third-order valence-corrected chi connectivity index (χ3v) is 3.87. The molecule has 19 heavy (non-hydrogen) atoms. The first kappa shape index (κ1) is 13.9. The lowest BCUT2D eigenvalue weighted by atomic mass is 9.97. The molecule has 1 atom stereocenters. The molecule has 0 unspecified atom stereocenters. The van der Waals surface area contributed by atoms with Gasteiger partial charge in [0.15, 0.2) is 0 Å². The summed E-state index contributed by atoms with van der Waals surface area (Å²) in [6.45, 7) is 4.61. The number of ether oxygens (including phenoxy) is 1. The Balaban J connectivity index is 1.93. The van der Waals surface area contributed by atoms with Crippen LogP contribution in [0.15, 0.2) is 18.2 Å². The summed E-state index contributed by atoms with van der Waals surface area (Å²) >= 11 is 0. The van der Waals surface area contributed by atoms with Crippen LogP contribution in [-0.2, 0) is 11.2 Å². The fraction of sp³-hybridized carbons (Fsp3) is 0.562. The van der Waals surface area contributed by atoms with Gasteiger partial charge in [0.05, 0.1) is 7.11 Å². The number of rotatable bonds is 5. The summed E-state index contributed by atoms with van der Waals surface area (Å²) in [6.07, 6.45) is 3.33. The molecule has 2 rings (SSSR count). The molecule has 0 heterocycles. The number of nitrogens with one attached hydrogen (secondary N) is 1. The molecule has 0 saturated heterocycles. The quantitative estimate of drug-likeness (QED) is 0.885. The molecule has 0 spiro atoms. The smallest absolute Gasteiger partial charge is 0.222 e. The van der Waals surface area contributed by atoms with Crippen LogP contribution in [-0.4, -0.2) is 19.6 Å². The molecule has 104 valence electrons. The molecule has 1 N–H and O–H groups in total. The van der Waals surface area contributed by atoms with Crippen molar-refractivity contribution in [3.63, 3.8) is 0 Å². The van der Waals surface area contributed by atoms with Crippen molar-refractivity contribution in [1.29, 1.82) is 0 Å². The SMILES string of the molecule is COc1ccc2c(c1)[C@H](CCNC(=O)C(C)C)CC2. The monoisotopic (exact) mass is 261 g/mol. The number of aryl methyl sites for hydroxylation is 1. The second kappa shape index (κ2) is 6.09. The lowest BCUT2D eigenvalue weighted by molar-refractivity contribution is -0.123. The first-order valence-electron chi connectivity index (χ1n) is 7.06. The van der Waals surface area contributed by atoms with Crippen molar-refractivity contribution in [2.75, 3.05) is 13.7 Å². The number of hydrogen-bond donors (Lipinski definition) is 1. The van der Waals surface area contributed by atoms with Crippen LogP contribution in [0.4, 0.5) is 0 Å². The van der Waals surface area contributed by atoms with Crippen LogP contribution in [0.2, 0.25) is 0 Å². The minimum atomic E-state index is 0.0657. The molecule has 1 amide bonds. The van der Waals surface area contributed by atoms with E-state index in [2.05, 4.69) is 17.4 Å². The van der Waals surface area contributed by atoms with Crippen LogP contribution < -0.4 is 10.1 Å². The maximum atomic E-state index is 11.5. The Kier molecular flexibility index (Phi) is 4.46. The van der Waals surface area contributed by atoms with Gasteiger partial charge in [0.25, 0.3) is 0 Å². The molecular weight excluding hydrogens is 238 g/mol. The summed E-state index contributed by atoms with van der Waals surface area (Å²) < 4.78 is 5.29. The minimum Gasteiger partial charge on any atom is -0.497 e. The van der Waals surface area contributed by atoms with E-state index in [9.17, 15) is 4.79 Å². The van der Waals surface area contributed by atoms with Crippen molar-refractivity contribution in [2.45, 2.75) is 39.0 Å². The molecule has 0 radical (unpaired) electrons. The highest BCUT2D eigenvalue weighted by Gasteiger charge is 2.22. The highest BCUT2D eigenvalue weighted by Crippen LogP contribution is 2.37. The summed E-state index contributed by atoms with van der Waals surface area (Å²) in [5.74, 6) is 1.69. The summed E-state index contributed by atoms with van der Waals surface area (Å²) in [5, 5.41) is 3.00. The highest BCUT2D eigenvalue weighted by atomic mass is 16.5. The van der Waals surface area contributed by atoms with E-state index in [-0.39, 0.29) is 11.8 Å². The Morgan fingerprint density at radius 2 is 2.26 bits per heavy atom. The third-order valence-electron chi connectivity index (χ3n) is 3.87. The first-order chi connectivity index (χ1) is 9.11. The largest absolute Gasteiger partial charge is 0.497 e. The summed E-state index contributed by atoms with van der Waals surface area (Å²) in [6, 6.07) is 6.35. The molecule has 1 aromatic rings. The van der Waals surface area contributed by atoms with Gasteiger partial charge in [-0.05, 0) is 48.4 Å². The maximum absolute atomic E-state index is 11.5. The minimum absolute atomic E-state index is 0.0657. The van der Waals surface area contributed by atoms with Crippen molar-refractivity contribution < 1.29 is 9.53 Å². The molecule has 0 aliphatic heterocycles. The van der Waals surface area contributed by atoms with Crippen molar-refractivity contribution in [3.05, 3.63) is 29.3 Å². The molecule has 0 aromatic heterocycles. The average Bonchev–Trinajstić information content (AvgIpc) is 2.81. The van der Waals surface area contributed by atoms with E-state index in [1.807, 2.05) is 19.9 Å². The molecule has 1 aliphatic carbocycles. The van der Waals surface area contributed by atoms with Crippen molar-refractivity contribution >= 4 is 5.91 Å². The van der Waals surface area contributed by atoms with Crippen LogP contribution in [0.3, 0.4) is 0 Å². The zero-order valence-electron chi connectivity index (χ0n) is 12.0. The zero-order chi connectivity index (χ0) is 13.8. The van der Waals surface area contributed by atoms with Gasteiger partial charge in [0.1, 0.15) is 5.75 Å². The lowest BCUT2D eigenvalue weighted by Gasteiger charge is -2.14. The predicted octanol–water partition coefficient (Wildman–Crippen LogP) is 2.89. The van der Waals surface area contributed by atoms with Gasteiger partial charge in [-0.25, -0.2) is 0 Å². The molecular formula is C16H23NO2. The van der Waals surface area contributed by atoms with E-state index in [4.69, 9.17) is 4.74 Å². The van der Waals surface area contributed by atoms with Crippen LogP contribution in [0.5, 0.6) is 5.75 Å². The van der Waals surface area contributed by atoms with Crippen LogP contribution in [0.1, 0.15) is 43.7 Å². The predicted molar refractivity (Wildman–Crippen MR) is 76.5 cm³/mol. The molecule has 0 fully saturated rings. The number of amides is 1. The standard InChI is InChI=1S/C16H23NO2/c1-11(2)16(18)17-9-8-13-5-4-12-6-7-14(19-3)10-15(12)13/h6-7,10-11,13H,4-5,8-9H2,1-3H3,(H,17,18)/t13-/m0/s1. The highest BCUT2D eigenvalue weighted by molar-refractivity contribution is 5.77. The van der Waals surface area contributed by atoms with Gasteiger partial charge in [0.2, 0.25) is 5.91 Å². The lowest BCUT2D eigenvalue weighted by Crippen LogP contribution is -2.29. The topological polar surface area (TPSA) is 38.3 Å². The van der Waals surface area contributed by atoms with Crippen LogP contribution in [0.25, 0.3) is 0 Å². The molecule has 0 bridgehead atoms. The van der Waals surface area contributed by atoms with Gasteiger partial charge in [0, 0.05) is 12.5 Å². The van der Waals surface area contributed by atoms with Crippen molar-refractivity contribution in [3.8, 4) is 5.75 Å². The van der Waals surface area contributed by atoms with Gasteiger partial charge >= 0.3 is 0 Å². The van der Waals surface area contributed by atoms with Gasteiger partial charge in [-0.3, -0.25) is 4.79 Å². The Bertz CT molecular complexity index is 454. The second-order valence-corrected chi connectivity index (χ2v) is 5.53. The van der Waals surface area contributed by atoms with Crippen molar-refractivity contribution in [2.24, 2.45) is 5.92 Å². The van der Waals surface area contributed by atoms with Crippen molar-refractivity contribution in [1.82, 2.24) is 5.32 Å². The maximum Gasteiger partial charge on any atom is 0.222 e. The van der Waals surface area contributed by atoms with E-state index >= 15 is 0 Å². The number of benzene rings is 1. The molecule has 1 aliphatic rings. The Morgan fingerprint density at radius 3 is 2.95 bits per heavy atom. The first-order valence-corrected chi connectivity index (χ1v) is 7.06. The molecule has 3 nitrogen and oxygen atoms in total. The average molecular weight is 261 g/mol. The van der Waals surface area contributed by atoms with E-state index in [1.54, 1.807) is 7.11 Å². The zero-order valence-corrected chi connectivity index (χ0v) is 12.0. The normalized spacial score (nSPS) is 17.4. The number of methoxy groups -OCH3 is 1. The summed E-state index contributed by atoms with van der Waals surface area (Å²) in [7, 11) is 1.70. The van der Waals surface area contributed by atoms with Crippen LogP contribution >= 0.6 is 0 Å². The van der Waals surface area contributed by atoms with Gasteiger partial charge < -0.3 is 10.1 Å². The second-order valence-electron chi connectivity index (χ2n) is 5.53. The number of carbonyl (C=O) groups excluding carboxylic acids is 1. The van der Waals surface area contributed by atoms with E-state index in [1.165, 1.54) is 17.5 Å². The Hall–Kier alpha value is -1.51. The fourth-order valence-electron chi connectivity index (χ4n) is 2.67. The van der Waals surface area contributed by atoms with Gasteiger partial charge in [-0.1, -0.05) is 19.9 Å².